The number of nitrogens with zero attached hydrogens (tertiary/aromatic N) is 1. The minimum atomic E-state index is -0.661. The SMILES string of the molecule is CC(=O)c1cc(C(=O)OCC(=O)Nc2ccc(Br)cc2)n(C)c1. The molecule has 7 heteroatoms. The minimum Gasteiger partial charge on any atom is -0.451 e. The van der Waals surface area contributed by atoms with Crippen LogP contribution < -0.4 is 5.32 Å². The lowest BCUT2D eigenvalue weighted by molar-refractivity contribution is -0.119. The molecular weight excluding hydrogens is 364 g/mol. The molecule has 0 aliphatic carbocycles. The molecule has 2 aromatic rings. The molecular formula is C16H15BrN2O4. The normalized spacial score (nSPS) is 10.2. The monoisotopic (exact) mass is 378 g/mol. The first kappa shape index (κ1) is 17.0. The van der Waals surface area contributed by atoms with Gasteiger partial charge in [-0.25, -0.2) is 4.79 Å². The fourth-order valence-electron chi connectivity index (χ4n) is 1.90. The molecule has 0 fully saturated rings. The van der Waals surface area contributed by atoms with Crippen molar-refractivity contribution in [3.63, 3.8) is 0 Å². The van der Waals surface area contributed by atoms with E-state index in [9.17, 15) is 14.4 Å². The van der Waals surface area contributed by atoms with Gasteiger partial charge < -0.3 is 14.6 Å². The molecule has 0 unspecified atom stereocenters. The van der Waals surface area contributed by atoms with E-state index in [4.69, 9.17) is 4.74 Å². The molecule has 6 nitrogen and oxygen atoms in total. The Morgan fingerprint density at radius 1 is 1.22 bits per heavy atom. The molecule has 0 bridgehead atoms. The third-order valence-corrected chi connectivity index (χ3v) is 3.61. The van der Waals surface area contributed by atoms with E-state index in [0.717, 1.165) is 4.47 Å². The van der Waals surface area contributed by atoms with E-state index in [1.54, 1.807) is 37.5 Å². The highest BCUT2D eigenvalue weighted by atomic mass is 79.9. The molecule has 0 radical (unpaired) electrons. The average molecular weight is 379 g/mol. The van der Waals surface area contributed by atoms with Crippen LogP contribution in [0.15, 0.2) is 41.0 Å². The van der Waals surface area contributed by atoms with Crippen LogP contribution in [0.4, 0.5) is 5.69 Å². The van der Waals surface area contributed by atoms with E-state index >= 15 is 0 Å². The van der Waals surface area contributed by atoms with Gasteiger partial charge in [0.1, 0.15) is 5.69 Å². The number of halogens is 1. The van der Waals surface area contributed by atoms with Crippen molar-refractivity contribution >= 4 is 39.3 Å². The van der Waals surface area contributed by atoms with Gasteiger partial charge in [-0.05, 0) is 37.3 Å². The molecule has 2 rings (SSSR count). The second-order valence-electron chi connectivity index (χ2n) is 4.91. The number of amides is 1. The van der Waals surface area contributed by atoms with Crippen molar-refractivity contribution < 1.29 is 19.1 Å². The number of nitrogens with one attached hydrogen (secondary N) is 1. The number of esters is 1. The zero-order valence-corrected chi connectivity index (χ0v) is 14.2. The van der Waals surface area contributed by atoms with Crippen molar-refractivity contribution in [1.29, 1.82) is 0 Å². The lowest BCUT2D eigenvalue weighted by atomic mass is 10.2. The number of carbonyl (C=O) groups is 3. The molecule has 0 aliphatic rings. The molecule has 1 aromatic heterocycles. The summed E-state index contributed by atoms with van der Waals surface area (Å²) in [5.41, 5.74) is 1.23. The highest BCUT2D eigenvalue weighted by Crippen LogP contribution is 2.14. The Bertz CT molecular complexity index is 750. The fourth-order valence-corrected chi connectivity index (χ4v) is 2.16. The van der Waals surface area contributed by atoms with Crippen LogP contribution in [-0.2, 0) is 16.6 Å². The number of ether oxygens (including phenoxy) is 1. The number of anilines is 1. The predicted octanol–water partition coefficient (Wildman–Crippen LogP) is 2.79. The number of Topliss-reactive ketones (excluding diaryl/α,β-unsaturated/α-hetero) is 1. The van der Waals surface area contributed by atoms with Crippen LogP contribution in [0, 0.1) is 0 Å². The van der Waals surface area contributed by atoms with E-state index < -0.39 is 18.5 Å². The number of aryl methyl sites for hydroxylation is 1. The summed E-state index contributed by atoms with van der Waals surface area (Å²) in [5, 5.41) is 2.62. The first-order valence-electron chi connectivity index (χ1n) is 6.76. The lowest BCUT2D eigenvalue weighted by Gasteiger charge is -2.07. The van der Waals surface area contributed by atoms with Gasteiger partial charge in [0.25, 0.3) is 5.91 Å². The standard InChI is InChI=1S/C16H15BrN2O4/c1-10(20)11-7-14(19(2)8-11)16(22)23-9-15(21)18-13-5-3-12(17)4-6-13/h3-8H,9H2,1-2H3,(H,18,21). The maximum Gasteiger partial charge on any atom is 0.355 e. The summed E-state index contributed by atoms with van der Waals surface area (Å²) in [7, 11) is 1.63. The summed E-state index contributed by atoms with van der Waals surface area (Å²) < 4.78 is 7.35. The first-order valence-corrected chi connectivity index (χ1v) is 7.56. The summed E-state index contributed by atoms with van der Waals surface area (Å²) in [5.74, 6) is -1.25. The highest BCUT2D eigenvalue weighted by Gasteiger charge is 2.16. The molecule has 1 aromatic carbocycles. The second kappa shape index (κ2) is 7.23. The molecule has 23 heavy (non-hydrogen) atoms. The van der Waals surface area contributed by atoms with E-state index in [2.05, 4.69) is 21.2 Å². The Kier molecular flexibility index (Phi) is 5.33. The van der Waals surface area contributed by atoms with Gasteiger partial charge in [0.05, 0.1) is 0 Å². The summed E-state index contributed by atoms with van der Waals surface area (Å²) in [4.78, 5) is 35.0. The predicted molar refractivity (Wildman–Crippen MR) is 88.5 cm³/mol. The molecule has 1 N–H and O–H groups in total. The van der Waals surface area contributed by atoms with Gasteiger partial charge >= 0.3 is 5.97 Å². The van der Waals surface area contributed by atoms with Crippen LogP contribution in [-0.4, -0.2) is 28.8 Å². The Morgan fingerprint density at radius 2 is 1.87 bits per heavy atom. The van der Waals surface area contributed by atoms with Gasteiger partial charge in [-0.2, -0.15) is 0 Å². The van der Waals surface area contributed by atoms with Crippen LogP contribution in [0.25, 0.3) is 0 Å². The third kappa shape index (κ3) is 4.53. The molecule has 0 saturated carbocycles. The highest BCUT2D eigenvalue weighted by molar-refractivity contribution is 9.10. The van der Waals surface area contributed by atoms with Crippen LogP contribution in [0.2, 0.25) is 0 Å². The molecule has 1 amide bonds. The second-order valence-corrected chi connectivity index (χ2v) is 5.83. The molecule has 0 aliphatic heterocycles. The van der Waals surface area contributed by atoms with Crippen LogP contribution in [0.3, 0.4) is 0 Å². The largest absolute Gasteiger partial charge is 0.451 e. The third-order valence-electron chi connectivity index (χ3n) is 3.08. The van der Waals surface area contributed by atoms with E-state index in [-0.39, 0.29) is 11.5 Å². The number of hydrogen-bond donors (Lipinski definition) is 1. The summed E-state index contributed by atoms with van der Waals surface area (Å²) in [6, 6.07) is 8.46. The van der Waals surface area contributed by atoms with Gasteiger partial charge in [-0.1, -0.05) is 15.9 Å². The van der Waals surface area contributed by atoms with Crippen molar-refractivity contribution in [3.8, 4) is 0 Å². The zero-order chi connectivity index (χ0) is 17.0. The molecule has 120 valence electrons. The van der Waals surface area contributed by atoms with Crippen LogP contribution >= 0.6 is 15.9 Å². The number of ketones is 1. The van der Waals surface area contributed by atoms with E-state index in [0.29, 0.717) is 11.3 Å². The fraction of sp³-hybridized carbons (Fsp3) is 0.188. The molecule has 0 atom stereocenters. The maximum atomic E-state index is 12.0. The van der Waals surface area contributed by atoms with E-state index in [1.807, 2.05) is 0 Å². The van der Waals surface area contributed by atoms with Crippen molar-refractivity contribution in [2.75, 3.05) is 11.9 Å². The number of rotatable bonds is 5. The summed E-state index contributed by atoms with van der Waals surface area (Å²) in [6.07, 6.45) is 1.54. The average Bonchev–Trinajstić information content (AvgIpc) is 2.89. The maximum absolute atomic E-state index is 12.0. The number of aromatic nitrogens is 1. The van der Waals surface area contributed by atoms with E-state index in [1.165, 1.54) is 17.6 Å². The smallest absolute Gasteiger partial charge is 0.355 e. The Hall–Kier alpha value is -2.41. The number of benzene rings is 1. The van der Waals surface area contributed by atoms with Gasteiger partial charge in [0, 0.05) is 29.0 Å². The zero-order valence-electron chi connectivity index (χ0n) is 12.6. The topological polar surface area (TPSA) is 77.4 Å². The number of hydrogen-bond acceptors (Lipinski definition) is 4. The molecule has 1 heterocycles. The van der Waals surface area contributed by atoms with Crippen molar-refractivity contribution in [2.24, 2.45) is 7.05 Å². The van der Waals surface area contributed by atoms with Crippen molar-refractivity contribution in [2.45, 2.75) is 6.92 Å². The van der Waals surface area contributed by atoms with Gasteiger partial charge in [-0.3, -0.25) is 9.59 Å². The quantitative estimate of drug-likeness (QED) is 0.640. The molecule has 0 saturated heterocycles. The minimum absolute atomic E-state index is 0.146. The van der Waals surface area contributed by atoms with Gasteiger partial charge in [0.15, 0.2) is 12.4 Å². The Labute approximate surface area is 141 Å². The Balaban J connectivity index is 1.92. The lowest BCUT2D eigenvalue weighted by Crippen LogP contribution is -2.21. The van der Waals surface area contributed by atoms with Crippen molar-refractivity contribution in [3.05, 3.63) is 52.3 Å². The van der Waals surface area contributed by atoms with Crippen LogP contribution in [0.5, 0.6) is 0 Å². The van der Waals surface area contributed by atoms with Crippen LogP contribution in [0.1, 0.15) is 27.8 Å². The summed E-state index contributed by atoms with van der Waals surface area (Å²) in [6.45, 7) is 1.01. The summed E-state index contributed by atoms with van der Waals surface area (Å²) >= 11 is 3.30. The Morgan fingerprint density at radius 3 is 2.43 bits per heavy atom. The van der Waals surface area contributed by atoms with Crippen molar-refractivity contribution in [1.82, 2.24) is 4.57 Å². The van der Waals surface area contributed by atoms with Gasteiger partial charge in [-0.15, -0.1) is 0 Å². The number of carbonyl (C=O) groups excluding carboxylic acids is 3. The van der Waals surface area contributed by atoms with Gasteiger partial charge in [0.2, 0.25) is 0 Å². The first-order chi connectivity index (χ1) is 10.9. The molecule has 0 spiro atoms.